The Hall–Kier alpha value is -0.180. The highest BCUT2D eigenvalue weighted by atomic mass is 19.3. The third-order valence-corrected chi connectivity index (χ3v) is 3.21. The maximum Gasteiger partial charge on any atom is 0.249 e. The minimum absolute atomic E-state index is 0.0250. The van der Waals surface area contributed by atoms with Crippen molar-refractivity contribution in [3.63, 3.8) is 0 Å². The van der Waals surface area contributed by atoms with Gasteiger partial charge in [-0.05, 0) is 13.0 Å². The molecule has 2 fully saturated rings. The van der Waals surface area contributed by atoms with Gasteiger partial charge in [0, 0.05) is 31.3 Å². The summed E-state index contributed by atoms with van der Waals surface area (Å²) < 4.78 is 25.2. The average molecular weight is 189 g/mol. The molecule has 1 aliphatic heterocycles. The number of nitrogens with zero attached hydrogens (tertiary/aromatic N) is 1. The molecule has 2 aliphatic rings. The van der Waals surface area contributed by atoms with E-state index < -0.39 is 5.92 Å². The highest BCUT2D eigenvalue weighted by Gasteiger charge is 2.61. The largest absolute Gasteiger partial charge is 0.302 e. The zero-order valence-corrected chi connectivity index (χ0v) is 8.15. The summed E-state index contributed by atoms with van der Waals surface area (Å²) in [4.78, 5) is 2.30. The summed E-state index contributed by atoms with van der Waals surface area (Å²) in [5.41, 5.74) is 0.0250. The molecular weight excluding hydrogens is 172 g/mol. The normalized spacial score (nSPS) is 29.8. The second-order valence-corrected chi connectivity index (χ2v) is 4.77. The molecule has 0 atom stereocenters. The lowest BCUT2D eigenvalue weighted by Gasteiger charge is -2.58. The third-order valence-electron chi connectivity index (χ3n) is 3.21. The second kappa shape index (κ2) is 2.91. The number of halogens is 2. The summed E-state index contributed by atoms with van der Waals surface area (Å²) in [6, 6.07) is 0. The number of unbranched alkanes of at least 4 members (excludes halogenated alkanes) is 1. The van der Waals surface area contributed by atoms with Crippen LogP contribution >= 0.6 is 0 Å². The Balaban J connectivity index is 1.68. The minimum Gasteiger partial charge on any atom is -0.302 e. The van der Waals surface area contributed by atoms with Gasteiger partial charge in [-0.3, -0.25) is 0 Å². The van der Waals surface area contributed by atoms with Crippen molar-refractivity contribution in [1.29, 1.82) is 0 Å². The van der Waals surface area contributed by atoms with E-state index in [4.69, 9.17) is 0 Å². The maximum absolute atomic E-state index is 12.6. The minimum atomic E-state index is -2.34. The molecular formula is C10H17F2N. The molecule has 1 heterocycles. The lowest BCUT2D eigenvalue weighted by atomic mass is 9.61. The summed E-state index contributed by atoms with van der Waals surface area (Å²) in [5, 5.41) is 0. The Bertz CT molecular complexity index is 187. The number of hydrogen-bond donors (Lipinski definition) is 0. The van der Waals surface area contributed by atoms with E-state index in [9.17, 15) is 8.78 Å². The summed E-state index contributed by atoms with van der Waals surface area (Å²) in [6.45, 7) is 5.10. The highest BCUT2D eigenvalue weighted by molar-refractivity contribution is 5.07. The molecule has 1 nitrogen and oxygen atoms in total. The zero-order chi connectivity index (χ0) is 9.53. The van der Waals surface area contributed by atoms with Crippen LogP contribution in [0.3, 0.4) is 0 Å². The van der Waals surface area contributed by atoms with Gasteiger partial charge in [0.15, 0.2) is 0 Å². The predicted molar refractivity (Wildman–Crippen MR) is 48.0 cm³/mol. The molecule has 76 valence electrons. The Morgan fingerprint density at radius 3 is 2.31 bits per heavy atom. The van der Waals surface area contributed by atoms with Crippen LogP contribution in [0.1, 0.15) is 32.6 Å². The van der Waals surface area contributed by atoms with Crippen LogP contribution in [0.5, 0.6) is 0 Å². The van der Waals surface area contributed by atoms with Crippen LogP contribution in [0.25, 0.3) is 0 Å². The van der Waals surface area contributed by atoms with E-state index in [-0.39, 0.29) is 18.3 Å². The lowest BCUT2D eigenvalue weighted by molar-refractivity contribution is -0.213. The van der Waals surface area contributed by atoms with Gasteiger partial charge in [-0.25, -0.2) is 8.78 Å². The highest BCUT2D eigenvalue weighted by Crippen LogP contribution is 2.56. The second-order valence-electron chi connectivity index (χ2n) is 4.77. The van der Waals surface area contributed by atoms with Crippen LogP contribution in [0.15, 0.2) is 0 Å². The van der Waals surface area contributed by atoms with E-state index in [2.05, 4.69) is 11.8 Å². The molecule has 1 saturated heterocycles. The number of alkyl halides is 2. The molecule has 0 aromatic rings. The van der Waals surface area contributed by atoms with E-state index in [1.165, 1.54) is 12.8 Å². The molecule has 0 unspecified atom stereocenters. The molecule has 1 spiro atoms. The van der Waals surface area contributed by atoms with E-state index in [0.29, 0.717) is 0 Å². The van der Waals surface area contributed by atoms with Crippen molar-refractivity contribution in [3.05, 3.63) is 0 Å². The van der Waals surface area contributed by atoms with Crippen LogP contribution in [-0.4, -0.2) is 30.5 Å². The molecule has 0 N–H and O–H groups in total. The van der Waals surface area contributed by atoms with Crippen molar-refractivity contribution in [3.8, 4) is 0 Å². The molecule has 1 saturated carbocycles. The Kier molecular flexibility index (Phi) is 2.10. The van der Waals surface area contributed by atoms with Gasteiger partial charge < -0.3 is 4.90 Å². The summed E-state index contributed by atoms with van der Waals surface area (Å²) in [7, 11) is 0. The van der Waals surface area contributed by atoms with Crippen molar-refractivity contribution in [2.24, 2.45) is 5.41 Å². The van der Waals surface area contributed by atoms with Gasteiger partial charge in [0.25, 0.3) is 0 Å². The monoisotopic (exact) mass is 189 g/mol. The van der Waals surface area contributed by atoms with Gasteiger partial charge in [0.2, 0.25) is 5.92 Å². The smallest absolute Gasteiger partial charge is 0.249 e. The van der Waals surface area contributed by atoms with Crippen molar-refractivity contribution in [2.75, 3.05) is 19.6 Å². The van der Waals surface area contributed by atoms with E-state index in [1.807, 2.05) is 0 Å². The number of likely N-dealkylation sites (tertiary alicyclic amines) is 1. The zero-order valence-electron chi connectivity index (χ0n) is 8.15. The SMILES string of the molecule is CCCCN1CC2(C1)CC(F)(F)C2. The third kappa shape index (κ3) is 1.71. The first-order valence-corrected chi connectivity index (χ1v) is 5.16. The van der Waals surface area contributed by atoms with Gasteiger partial charge in [-0.2, -0.15) is 0 Å². The first kappa shape index (κ1) is 9.38. The Labute approximate surface area is 78.1 Å². The van der Waals surface area contributed by atoms with Crippen LogP contribution < -0.4 is 0 Å². The van der Waals surface area contributed by atoms with Crippen LogP contribution in [0.4, 0.5) is 8.78 Å². The standard InChI is InChI=1S/C10H17F2N/c1-2-3-4-13-7-9(8-13)5-10(11,12)6-9/h2-8H2,1H3. The van der Waals surface area contributed by atoms with Gasteiger partial charge in [-0.1, -0.05) is 13.3 Å². The molecule has 0 aromatic carbocycles. The van der Waals surface area contributed by atoms with Crippen molar-refractivity contribution in [1.82, 2.24) is 4.90 Å². The fraction of sp³-hybridized carbons (Fsp3) is 1.00. The van der Waals surface area contributed by atoms with Crippen molar-refractivity contribution in [2.45, 2.75) is 38.5 Å². The van der Waals surface area contributed by atoms with Crippen LogP contribution in [0.2, 0.25) is 0 Å². The van der Waals surface area contributed by atoms with Crippen molar-refractivity contribution < 1.29 is 8.78 Å². The molecule has 0 amide bonds. The molecule has 3 heteroatoms. The maximum atomic E-state index is 12.6. The van der Waals surface area contributed by atoms with Gasteiger partial charge in [-0.15, -0.1) is 0 Å². The lowest BCUT2D eigenvalue weighted by Crippen LogP contribution is -2.65. The van der Waals surface area contributed by atoms with Gasteiger partial charge in [0.1, 0.15) is 0 Å². The summed E-state index contributed by atoms with van der Waals surface area (Å²) in [6.07, 6.45) is 2.68. The first-order chi connectivity index (χ1) is 6.05. The Morgan fingerprint density at radius 1 is 1.23 bits per heavy atom. The predicted octanol–water partition coefficient (Wildman–Crippen LogP) is 2.52. The van der Waals surface area contributed by atoms with E-state index in [1.54, 1.807) is 0 Å². The molecule has 0 aromatic heterocycles. The summed E-state index contributed by atoms with van der Waals surface area (Å²) >= 11 is 0. The van der Waals surface area contributed by atoms with Crippen LogP contribution in [0, 0.1) is 5.41 Å². The Morgan fingerprint density at radius 2 is 1.85 bits per heavy atom. The molecule has 0 bridgehead atoms. The van der Waals surface area contributed by atoms with Gasteiger partial charge >= 0.3 is 0 Å². The summed E-state index contributed by atoms with van der Waals surface area (Å²) in [5.74, 6) is -2.34. The van der Waals surface area contributed by atoms with Crippen molar-refractivity contribution >= 4 is 0 Å². The van der Waals surface area contributed by atoms with E-state index >= 15 is 0 Å². The fourth-order valence-corrected chi connectivity index (χ4v) is 2.71. The molecule has 2 rings (SSSR count). The fourth-order valence-electron chi connectivity index (χ4n) is 2.71. The number of hydrogen-bond acceptors (Lipinski definition) is 1. The topological polar surface area (TPSA) is 3.24 Å². The molecule has 0 radical (unpaired) electrons. The average Bonchev–Trinajstić information content (AvgIpc) is 1.91. The number of rotatable bonds is 3. The van der Waals surface area contributed by atoms with Gasteiger partial charge in [0.05, 0.1) is 0 Å². The first-order valence-electron chi connectivity index (χ1n) is 5.16. The quantitative estimate of drug-likeness (QED) is 0.659. The molecule has 13 heavy (non-hydrogen) atoms. The van der Waals surface area contributed by atoms with E-state index in [0.717, 1.165) is 19.6 Å². The van der Waals surface area contributed by atoms with Crippen LogP contribution in [-0.2, 0) is 0 Å². The molecule has 1 aliphatic carbocycles.